The second-order valence-corrected chi connectivity index (χ2v) is 7.01. The van der Waals surface area contributed by atoms with Crippen molar-refractivity contribution in [3.05, 3.63) is 65.7 Å². The number of rotatable bonds is 8. The number of benzene rings is 2. The van der Waals surface area contributed by atoms with Gasteiger partial charge in [-0.05, 0) is 11.6 Å². The fourth-order valence-corrected chi connectivity index (χ4v) is 3.40. The first-order chi connectivity index (χ1) is 12.2. The molecule has 134 valence electrons. The van der Waals surface area contributed by atoms with Gasteiger partial charge in [-0.2, -0.15) is 0 Å². The number of nitrogens with one attached hydrogen (secondary N) is 2. The zero-order chi connectivity index (χ0) is 17.9. The van der Waals surface area contributed by atoms with Crippen molar-refractivity contribution in [3.8, 4) is 5.75 Å². The van der Waals surface area contributed by atoms with Crippen LogP contribution in [-0.2, 0) is 23.1 Å². The van der Waals surface area contributed by atoms with E-state index in [-0.39, 0.29) is 0 Å². The van der Waals surface area contributed by atoms with E-state index in [2.05, 4.69) is 15.6 Å². The molecule has 2 aromatic carbocycles. The number of hydrogen-bond acceptors (Lipinski definition) is 3. The first kappa shape index (κ1) is 19.0. The van der Waals surface area contributed by atoms with E-state index in [1.165, 1.54) is 0 Å². The van der Waals surface area contributed by atoms with Crippen molar-refractivity contribution in [1.29, 1.82) is 0 Å². The number of methoxy groups -OCH3 is 1. The molecule has 0 saturated heterocycles. The Labute approximate surface area is 152 Å². The second kappa shape index (κ2) is 10.5. The molecule has 6 heteroatoms. The summed E-state index contributed by atoms with van der Waals surface area (Å²) in [5, 5.41) is 6.44. The van der Waals surface area contributed by atoms with Gasteiger partial charge in [-0.1, -0.05) is 48.5 Å². The quantitative estimate of drug-likeness (QED) is 0.561. The monoisotopic (exact) mass is 359 g/mol. The van der Waals surface area contributed by atoms with Crippen LogP contribution in [0.3, 0.4) is 0 Å². The van der Waals surface area contributed by atoms with Gasteiger partial charge in [0.25, 0.3) is 0 Å². The molecular weight excluding hydrogens is 334 g/mol. The summed E-state index contributed by atoms with van der Waals surface area (Å²) in [6, 6.07) is 17.8. The van der Waals surface area contributed by atoms with Crippen LogP contribution in [0.25, 0.3) is 0 Å². The Balaban J connectivity index is 1.74. The van der Waals surface area contributed by atoms with E-state index in [9.17, 15) is 4.21 Å². The van der Waals surface area contributed by atoms with Gasteiger partial charge in [0.2, 0.25) is 0 Å². The maximum absolute atomic E-state index is 12.1. The van der Waals surface area contributed by atoms with Crippen LogP contribution in [0.5, 0.6) is 5.75 Å². The summed E-state index contributed by atoms with van der Waals surface area (Å²) >= 11 is 0. The van der Waals surface area contributed by atoms with Gasteiger partial charge in [0.1, 0.15) is 5.75 Å². The van der Waals surface area contributed by atoms with Crippen molar-refractivity contribution in [2.75, 3.05) is 26.5 Å². The Bertz CT molecular complexity index is 705. The molecule has 0 saturated carbocycles. The fourth-order valence-electron chi connectivity index (χ4n) is 2.36. The fraction of sp³-hybridized carbons (Fsp3) is 0.316. The average Bonchev–Trinajstić information content (AvgIpc) is 2.65. The van der Waals surface area contributed by atoms with E-state index < -0.39 is 10.8 Å². The van der Waals surface area contributed by atoms with Gasteiger partial charge in [0.15, 0.2) is 5.96 Å². The third kappa shape index (κ3) is 6.58. The summed E-state index contributed by atoms with van der Waals surface area (Å²) in [5.41, 5.74) is 2.15. The lowest BCUT2D eigenvalue weighted by molar-refractivity contribution is 0.409. The first-order valence-electron chi connectivity index (χ1n) is 8.18. The topological polar surface area (TPSA) is 62.7 Å². The van der Waals surface area contributed by atoms with E-state index >= 15 is 0 Å². The molecule has 25 heavy (non-hydrogen) atoms. The highest BCUT2D eigenvalue weighted by molar-refractivity contribution is 7.84. The van der Waals surface area contributed by atoms with E-state index in [0.29, 0.717) is 30.6 Å². The third-order valence-electron chi connectivity index (χ3n) is 3.66. The molecule has 5 nitrogen and oxygen atoms in total. The Morgan fingerprint density at radius 1 is 1.08 bits per heavy atom. The molecule has 0 heterocycles. The molecule has 0 aliphatic heterocycles. The molecule has 1 atom stereocenters. The number of para-hydroxylation sites is 1. The van der Waals surface area contributed by atoms with Gasteiger partial charge >= 0.3 is 0 Å². The molecule has 0 radical (unpaired) electrons. The first-order valence-corrected chi connectivity index (χ1v) is 9.67. The van der Waals surface area contributed by atoms with Gasteiger partial charge in [0.05, 0.1) is 7.11 Å². The van der Waals surface area contributed by atoms with Gasteiger partial charge < -0.3 is 15.4 Å². The van der Waals surface area contributed by atoms with E-state index in [4.69, 9.17) is 4.74 Å². The molecule has 0 fully saturated rings. The zero-order valence-electron chi connectivity index (χ0n) is 14.7. The highest BCUT2D eigenvalue weighted by Crippen LogP contribution is 2.16. The molecule has 1 unspecified atom stereocenters. The zero-order valence-corrected chi connectivity index (χ0v) is 15.5. The lowest BCUT2D eigenvalue weighted by atomic mass is 10.2. The van der Waals surface area contributed by atoms with Crippen LogP contribution in [-0.4, -0.2) is 36.6 Å². The molecule has 0 amide bonds. The predicted molar refractivity (Wildman–Crippen MR) is 104 cm³/mol. The average molecular weight is 359 g/mol. The van der Waals surface area contributed by atoms with Crippen molar-refractivity contribution >= 4 is 16.8 Å². The highest BCUT2D eigenvalue weighted by atomic mass is 32.2. The number of nitrogens with zero attached hydrogens (tertiary/aromatic N) is 1. The maximum atomic E-state index is 12.1. The molecule has 0 spiro atoms. The maximum Gasteiger partial charge on any atom is 0.191 e. The highest BCUT2D eigenvalue weighted by Gasteiger charge is 2.05. The number of aliphatic imine (C=N–C) groups is 1. The van der Waals surface area contributed by atoms with Gasteiger partial charge in [0, 0.05) is 48.0 Å². The molecule has 2 aromatic rings. The largest absolute Gasteiger partial charge is 0.496 e. The van der Waals surface area contributed by atoms with Crippen LogP contribution in [0.15, 0.2) is 59.6 Å². The van der Waals surface area contributed by atoms with Gasteiger partial charge in [-0.3, -0.25) is 9.20 Å². The predicted octanol–water partition coefficient (Wildman–Crippen LogP) is 2.31. The van der Waals surface area contributed by atoms with Crippen molar-refractivity contribution in [3.63, 3.8) is 0 Å². The summed E-state index contributed by atoms with van der Waals surface area (Å²) < 4.78 is 17.5. The normalized spacial score (nSPS) is 12.5. The molecule has 2 rings (SSSR count). The number of guanidine groups is 1. The second-order valence-electron chi connectivity index (χ2n) is 5.44. The minimum Gasteiger partial charge on any atom is -0.496 e. The van der Waals surface area contributed by atoms with Crippen LogP contribution < -0.4 is 15.4 Å². The molecule has 0 aliphatic carbocycles. The SMILES string of the molecule is CN=C(NCCS(=O)Cc1ccccc1)NCc1ccccc1OC. The van der Waals surface area contributed by atoms with Crippen molar-refractivity contribution in [2.45, 2.75) is 12.3 Å². The van der Waals surface area contributed by atoms with Gasteiger partial charge in [-0.25, -0.2) is 0 Å². The van der Waals surface area contributed by atoms with Crippen molar-refractivity contribution < 1.29 is 8.95 Å². The van der Waals surface area contributed by atoms with E-state index in [0.717, 1.165) is 16.9 Å². The molecular formula is C19H25N3O2S. The van der Waals surface area contributed by atoms with Crippen molar-refractivity contribution in [2.24, 2.45) is 4.99 Å². The Kier molecular flexibility index (Phi) is 7.98. The number of hydrogen-bond donors (Lipinski definition) is 2. The standard InChI is InChI=1S/C19H25N3O2S/c1-20-19(22-14-17-10-6-7-11-18(17)24-2)21-12-13-25(23)15-16-8-4-3-5-9-16/h3-11H,12-15H2,1-2H3,(H2,20,21,22). The Morgan fingerprint density at radius 3 is 2.52 bits per heavy atom. The number of ether oxygens (including phenoxy) is 1. The summed E-state index contributed by atoms with van der Waals surface area (Å²) in [5.74, 6) is 2.68. The minimum atomic E-state index is -0.900. The molecule has 2 N–H and O–H groups in total. The molecule has 0 bridgehead atoms. The van der Waals surface area contributed by atoms with Gasteiger partial charge in [-0.15, -0.1) is 0 Å². The van der Waals surface area contributed by atoms with E-state index in [1.807, 2.05) is 54.6 Å². The van der Waals surface area contributed by atoms with Crippen LogP contribution in [0.4, 0.5) is 0 Å². The summed E-state index contributed by atoms with van der Waals surface area (Å²) in [4.78, 5) is 4.19. The lowest BCUT2D eigenvalue weighted by Gasteiger charge is -2.13. The third-order valence-corrected chi connectivity index (χ3v) is 4.97. The van der Waals surface area contributed by atoms with Crippen LogP contribution in [0, 0.1) is 0 Å². The minimum absolute atomic E-state index is 0.574. The van der Waals surface area contributed by atoms with E-state index in [1.54, 1.807) is 14.2 Å². The summed E-state index contributed by atoms with van der Waals surface area (Å²) in [7, 11) is 2.48. The van der Waals surface area contributed by atoms with Crippen LogP contribution in [0.2, 0.25) is 0 Å². The van der Waals surface area contributed by atoms with Crippen LogP contribution >= 0.6 is 0 Å². The summed E-state index contributed by atoms with van der Waals surface area (Å²) in [6.45, 7) is 1.21. The molecule has 0 aliphatic rings. The lowest BCUT2D eigenvalue weighted by Crippen LogP contribution is -2.38. The summed E-state index contributed by atoms with van der Waals surface area (Å²) in [6.07, 6.45) is 0. The van der Waals surface area contributed by atoms with Crippen LogP contribution in [0.1, 0.15) is 11.1 Å². The smallest absolute Gasteiger partial charge is 0.191 e. The molecule has 0 aromatic heterocycles. The Hall–Kier alpha value is -2.34. The Morgan fingerprint density at radius 2 is 1.80 bits per heavy atom. The van der Waals surface area contributed by atoms with Crippen molar-refractivity contribution in [1.82, 2.24) is 10.6 Å².